The van der Waals surface area contributed by atoms with E-state index in [0.29, 0.717) is 11.3 Å². The van der Waals surface area contributed by atoms with Gasteiger partial charge in [0.25, 0.3) is 0 Å². The van der Waals surface area contributed by atoms with Crippen LogP contribution in [0.1, 0.15) is 36.6 Å². The van der Waals surface area contributed by atoms with Crippen molar-refractivity contribution in [2.24, 2.45) is 0 Å². The van der Waals surface area contributed by atoms with Crippen LogP contribution in [0.2, 0.25) is 0 Å². The Bertz CT molecular complexity index is 1630. The molecule has 0 saturated carbocycles. The molecule has 1 heterocycles. The van der Waals surface area contributed by atoms with Crippen LogP contribution in [0, 0.1) is 0 Å². The van der Waals surface area contributed by atoms with Gasteiger partial charge in [0.15, 0.2) is 18.5 Å². The maximum absolute atomic E-state index is 13.5. The Labute approximate surface area is 278 Å². The minimum absolute atomic E-state index is 0.0259. The summed E-state index contributed by atoms with van der Waals surface area (Å²) in [7, 11) is 1.57. The minimum Gasteiger partial charge on any atom is -0.497 e. The van der Waals surface area contributed by atoms with Crippen molar-refractivity contribution < 1.29 is 47.5 Å². The lowest BCUT2D eigenvalue weighted by Crippen LogP contribution is -2.62. The first-order valence-electron chi connectivity index (χ1n) is 15.3. The normalized spacial score (nSPS) is 20.2. The summed E-state index contributed by atoms with van der Waals surface area (Å²) in [5, 5.41) is 0. The number of carbonyl (C=O) groups excluding carboxylic acids is 3. The van der Waals surface area contributed by atoms with Gasteiger partial charge in [-0.2, -0.15) is 0 Å². The molecule has 0 amide bonds. The van der Waals surface area contributed by atoms with Gasteiger partial charge < -0.3 is 33.2 Å². The van der Waals surface area contributed by atoms with Crippen LogP contribution in [0.5, 0.6) is 5.75 Å². The predicted molar refractivity (Wildman–Crippen MR) is 174 cm³/mol. The molecule has 0 N–H and O–H groups in total. The molecule has 10 heteroatoms. The van der Waals surface area contributed by atoms with E-state index in [9.17, 15) is 14.4 Å². The molecule has 48 heavy (non-hydrogen) atoms. The van der Waals surface area contributed by atoms with Crippen molar-refractivity contribution in [2.75, 3.05) is 20.3 Å². The molecule has 0 radical (unpaired) electrons. The Balaban J connectivity index is 1.50. The van der Waals surface area contributed by atoms with E-state index in [1.54, 1.807) is 110 Å². The maximum atomic E-state index is 13.5. The van der Waals surface area contributed by atoms with Crippen molar-refractivity contribution in [1.29, 1.82) is 0 Å². The summed E-state index contributed by atoms with van der Waals surface area (Å²) in [4.78, 5) is 39.9. The molecule has 5 rings (SSSR count). The van der Waals surface area contributed by atoms with E-state index in [4.69, 9.17) is 33.2 Å². The smallest absolute Gasteiger partial charge is 0.338 e. The number of benzene rings is 4. The highest BCUT2D eigenvalue weighted by Gasteiger charge is 2.52. The molecule has 0 spiro atoms. The number of carbonyl (C=O) groups is 3. The first-order chi connectivity index (χ1) is 23.5. The summed E-state index contributed by atoms with van der Waals surface area (Å²) >= 11 is 0. The molecule has 1 fully saturated rings. The number of hydrogen-bond donors (Lipinski definition) is 0. The number of hydrogen-bond acceptors (Lipinski definition) is 10. The molecular formula is C38H36O10. The van der Waals surface area contributed by atoms with Crippen LogP contribution < -0.4 is 4.74 Å². The third-order valence-corrected chi connectivity index (χ3v) is 7.46. The highest BCUT2D eigenvalue weighted by Crippen LogP contribution is 2.32. The lowest BCUT2D eigenvalue weighted by molar-refractivity contribution is -0.304. The van der Waals surface area contributed by atoms with Crippen LogP contribution in [-0.4, -0.2) is 68.9 Å². The first-order valence-corrected chi connectivity index (χ1v) is 15.3. The standard InChI is InChI=1S/C38H36O10/c1-3-23-43-38-34(48-37(41)29-17-11-6-12-18-29)33(44-24-26-19-21-30(42-2)22-20-26)32(47-36(40)28-15-9-5-10-16-28)31(46-38)25-45-35(39)27-13-7-4-8-14-27/h3-22,31-34,38H,1,23-25H2,2H3/t31-,32+,33+,34-,38-/m1/s1. The summed E-state index contributed by atoms with van der Waals surface area (Å²) in [6.45, 7) is 3.44. The van der Waals surface area contributed by atoms with Crippen molar-refractivity contribution in [2.45, 2.75) is 37.3 Å². The molecule has 4 aromatic carbocycles. The van der Waals surface area contributed by atoms with Gasteiger partial charge in [-0.05, 0) is 54.1 Å². The number of methoxy groups -OCH3 is 1. The quantitative estimate of drug-likeness (QED) is 0.0938. The average molecular weight is 653 g/mol. The van der Waals surface area contributed by atoms with Crippen molar-refractivity contribution in [3.05, 3.63) is 150 Å². The van der Waals surface area contributed by atoms with Gasteiger partial charge in [0.05, 0.1) is 37.0 Å². The summed E-state index contributed by atoms with van der Waals surface area (Å²) < 4.78 is 41.7. The van der Waals surface area contributed by atoms with Crippen molar-refractivity contribution in [3.8, 4) is 5.75 Å². The van der Waals surface area contributed by atoms with Gasteiger partial charge in [-0.15, -0.1) is 6.58 Å². The Hall–Kier alpha value is -5.29. The summed E-state index contributed by atoms with van der Waals surface area (Å²) in [5.74, 6) is -1.30. The van der Waals surface area contributed by atoms with Gasteiger partial charge in [0.2, 0.25) is 0 Å². The number of esters is 3. The van der Waals surface area contributed by atoms with Crippen LogP contribution in [0.4, 0.5) is 0 Å². The molecule has 0 aromatic heterocycles. The Morgan fingerprint density at radius 3 is 1.71 bits per heavy atom. The predicted octanol–water partition coefficient (Wildman–Crippen LogP) is 5.82. The van der Waals surface area contributed by atoms with Crippen LogP contribution in [0.25, 0.3) is 0 Å². The molecule has 5 atom stereocenters. The fourth-order valence-electron chi connectivity index (χ4n) is 5.03. The highest BCUT2D eigenvalue weighted by molar-refractivity contribution is 5.90. The van der Waals surface area contributed by atoms with Crippen molar-refractivity contribution in [1.82, 2.24) is 0 Å². The van der Waals surface area contributed by atoms with Gasteiger partial charge in [-0.25, -0.2) is 14.4 Å². The van der Waals surface area contributed by atoms with E-state index in [-0.39, 0.29) is 30.9 Å². The molecule has 0 unspecified atom stereocenters. The highest BCUT2D eigenvalue weighted by atomic mass is 16.7. The Morgan fingerprint density at radius 1 is 0.667 bits per heavy atom. The van der Waals surface area contributed by atoms with Gasteiger partial charge in [-0.1, -0.05) is 72.8 Å². The van der Waals surface area contributed by atoms with Crippen molar-refractivity contribution in [3.63, 3.8) is 0 Å². The van der Waals surface area contributed by atoms with Gasteiger partial charge in [0, 0.05) is 0 Å². The molecular weight excluding hydrogens is 616 g/mol. The Morgan fingerprint density at radius 2 is 1.19 bits per heavy atom. The average Bonchev–Trinajstić information content (AvgIpc) is 3.14. The first kappa shape index (κ1) is 34.1. The topological polar surface area (TPSA) is 116 Å². The fourth-order valence-corrected chi connectivity index (χ4v) is 5.03. The van der Waals surface area contributed by atoms with Crippen LogP contribution in [0.15, 0.2) is 128 Å². The molecule has 1 saturated heterocycles. The third kappa shape index (κ3) is 8.95. The van der Waals surface area contributed by atoms with Gasteiger partial charge in [-0.3, -0.25) is 0 Å². The van der Waals surface area contributed by atoms with E-state index in [1.165, 1.54) is 6.08 Å². The van der Waals surface area contributed by atoms with E-state index in [1.807, 2.05) is 12.1 Å². The second-order valence-electron chi connectivity index (χ2n) is 10.7. The van der Waals surface area contributed by atoms with Gasteiger partial charge >= 0.3 is 17.9 Å². The monoisotopic (exact) mass is 652 g/mol. The van der Waals surface area contributed by atoms with Gasteiger partial charge in [0.1, 0.15) is 24.6 Å². The lowest BCUT2D eigenvalue weighted by Gasteiger charge is -2.44. The second-order valence-corrected chi connectivity index (χ2v) is 10.7. The summed E-state index contributed by atoms with van der Waals surface area (Å²) in [5.41, 5.74) is 1.65. The van der Waals surface area contributed by atoms with Crippen molar-refractivity contribution >= 4 is 17.9 Å². The Kier molecular flexibility index (Phi) is 12.1. The molecule has 0 aliphatic carbocycles. The van der Waals surface area contributed by atoms with E-state index >= 15 is 0 Å². The summed E-state index contributed by atoms with van der Waals surface area (Å²) in [6, 6.07) is 32.4. The maximum Gasteiger partial charge on any atom is 0.338 e. The number of rotatable bonds is 14. The van der Waals surface area contributed by atoms with E-state index < -0.39 is 48.6 Å². The third-order valence-electron chi connectivity index (χ3n) is 7.46. The van der Waals surface area contributed by atoms with E-state index in [0.717, 1.165) is 5.56 Å². The zero-order valence-electron chi connectivity index (χ0n) is 26.3. The molecule has 10 nitrogen and oxygen atoms in total. The molecule has 0 bridgehead atoms. The molecule has 4 aromatic rings. The second kappa shape index (κ2) is 17.0. The summed E-state index contributed by atoms with van der Waals surface area (Å²) in [6.07, 6.45) is -4.39. The van der Waals surface area contributed by atoms with Crippen LogP contribution in [0.3, 0.4) is 0 Å². The zero-order valence-corrected chi connectivity index (χ0v) is 26.3. The van der Waals surface area contributed by atoms with E-state index in [2.05, 4.69) is 6.58 Å². The lowest BCUT2D eigenvalue weighted by atomic mass is 9.97. The molecule has 248 valence electrons. The SMILES string of the molecule is C=CCO[C@@H]1O[C@H](COC(=O)c2ccccc2)[C@H](OC(=O)c2ccccc2)[C@H](OCc2ccc(OC)cc2)[C@H]1OC(=O)c1ccccc1. The molecule has 1 aliphatic heterocycles. The minimum atomic E-state index is -1.23. The van der Waals surface area contributed by atoms with Crippen LogP contribution >= 0.6 is 0 Å². The largest absolute Gasteiger partial charge is 0.497 e. The number of ether oxygens (including phenoxy) is 7. The fraction of sp³-hybridized carbons (Fsp3) is 0.237. The van der Waals surface area contributed by atoms with Crippen LogP contribution in [-0.2, 0) is 35.0 Å². The molecule has 1 aliphatic rings. The zero-order chi connectivity index (χ0) is 33.7.